The lowest BCUT2D eigenvalue weighted by molar-refractivity contribution is -0.121. The van der Waals surface area contributed by atoms with E-state index in [4.69, 9.17) is 0 Å². The Kier molecular flexibility index (Phi) is 15.2. The van der Waals surface area contributed by atoms with Crippen molar-refractivity contribution in [2.45, 2.75) is 84.2 Å². The monoisotopic (exact) mass is 633 g/mol. The molecule has 2 atom stereocenters. The topological polar surface area (TPSA) is 35.6 Å². The molecule has 1 aliphatic rings. The second-order valence-electron chi connectivity index (χ2n) is 13.4. The van der Waals surface area contributed by atoms with Crippen molar-refractivity contribution in [2.75, 3.05) is 39.3 Å². The third-order valence-corrected chi connectivity index (χ3v) is 9.93. The Hall–Kier alpha value is -3.31. The normalized spacial score (nSPS) is 15.4. The third kappa shape index (κ3) is 10.9. The zero-order valence-electron chi connectivity index (χ0n) is 29.4. The van der Waals surface area contributed by atoms with Crippen LogP contribution in [0.3, 0.4) is 0 Å². The molecule has 1 aliphatic heterocycles. The molecule has 0 aliphatic carbocycles. The molecule has 0 bridgehead atoms. The zero-order valence-corrected chi connectivity index (χ0v) is 29.4. The molecule has 252 valence electrons. The average molecular weight is 634 g/mol. The van der Waals surface area contributed by atoms with Gasteiger partial charge in [0, 0.05) is 25.6 Å². The van der Waals surface area contributed by atoms with E-state index in [9.17, 15) is 4.79 Å². The first kappa shape index (κ1) is 36.5. The molecule has 2 unspecified atom stereocenters. The van der Waals surface area contributed by atoms with Gasteiger partial charge >= 0.3 is 0 Å². The molecule has 4 nitrogen and oxygen atoms in total. The smallest absolute Gasteiger partial charge is 0.147 e. The fourth-order valence-corrected chi connectivity index (χ4v) is 7.23. The first-order valence-corrected chi connectivity index (χ1v) is 18.1. The van der Waals surface area contributed by atoms with Crippen molar-refractivity contribution in [1.29, 1.82) is 0 Å². The summed E-state index contributed by atoms with van der Waals surface area (Å²) in [6.07, 6.45) is 12.1. The summed E-state index contributed by atoms with van der Waals surface area (Å²) in [4.78, 5) is 18.9. The van der Waals surface area contributed by atoms with E-state index in [0.29, 0.717) is 30.7 Å². The van der Waals surface area contributed by atoms with Crippen molar-refractivity contribution in [3.63, 3.8) is 0 Å². The highest BCUT2D eigenvalue weighted by Gasteiger charge is 2.29. The van der Waals surface area contributed by atoms with Crippen molar-refractivity contribution in [3.05, 3.63) is 131 Å². The molecule has 0 radical (unpaired) electrons. The van der Waals surface area contributed by atoms with E-state index >= 15 is 0 Å². The molecule has 0 saturated carbocycles. The van der Waals surface area contributed by atoms with Crippen molar-refractivity contribution in [2.24, 2.45) is 5.92 Å². The number of hydrogen-bond donors (Lipinski definition) is 1. The van der Waals surface area contributed by atoms with Crippen LogP contribution in [0.4, 0.5) is 0 Å². The zero-order chi connectivity index (χ0) is 33.4. The quantitative estimate of drug-likeness (QED) is 0.0995. The van der Waals surface area contributed by atoms with Gasteiger partial charge in [0.25, 0.3) is 0 Å². The van der Waals surface area contributed by atoms with E-state index < -0.39 is 0 Å². The van der Waals surface area contributed by atoms with Crippen LogP contribution in [0.5, 0.6) is 0 Å². The molecule has 47 heavy (non-hydrogen) atoms. The van der Waals surface area contributed by atoms with E-state index in [0.717, 1.165) is 77.7 Å². The van der Waals surface area contributed by atoms with Crippen LogP contribution in [0.25, 0.3) is 0 Å². The summed E-state index contributed by atoms with van der Waals surface area (Å²) in [6, 6.07) is 27.2. The van der Waals surface area contributed by atoms with E-state index in [-0.39, 0.29) is 6.04 Å². The van der Waals surface area contributed by atoms with E-state index in [1.807, 2.05) is 6.08 Å². The summed E-state index contributed by atoms with van der Waals surface area (Å²) in [6.45, 7) is 19.6. The maximum atomic E-state index is 13.9. The second kappa shape index (κ2) is 19.5. The average Bonchev–Trinajstić information content (AvgIpc) is 3.09. The predicted molar refractivity (Wildman–Crippen MR) is 200 cm³/mol. The minimum Gasteiger partial charge on any atom is -0.316 e. The van der Waals surface area contributed by atoms with Crippen LogP contribution < -0.4 is 5.32 Å². The standard InChI is InChI=1S/C43H59N3O/c1-6-10-11-15-37-16-12-13-17-41(37)42(14-7-2)45-29-26-36(27-30-45)32-40(47)33-46(31-28-44-9-4)43(38-22-18-34(5)19-23-38)39-24-20-35(8-3)21-25-39/h6-7,12-13,16-25,36,42-44H,1-2,8-11,14-15,26-33H2,3-5H3. The molecule has 4 heteroatoms. The SMILES string of the molecule is C=CCCCc1ccccc1C(CC=C)N1CCC(CC(=O)CN(CCNCC)C(c2ccc(C)cc2)c2ccc(CC)cc2)CC1. The first-order valence-electron chi connectivity index (χ1n) is 18.1. The largest absolute Gasteiger partial charge is 0.316 e. The van der Waals surface area contributed by atoms with Crippen LogP contribution in [-0.4, -0.2) is 54.9 Å². The molecule has 0 spiro atoms. The maximum absolute atomic E-state index is 13.9. The molecule has 3 aromatic carbocycles. The van der Waals surface area contributed by atoms with Gasteiger partial charge in [-0.1, -0.05) is 104 Å². The van der Waals surface area contributed by atoms with Gasteiger partial charge < -0.3 is 5.32 Å². The number of carbonyl (C=O) groups is 1. The highest BCUT2D eigenvalue weighted by molar-refractivity contribution is 5.80. The third-order valence-electron chi connectivity index (χ3n) is 9.93. The number of benzene rings is 3. The summed E-state index contributed by atoms with van der Waals surface area (Å²) in [5, 5.41) is 3.51. The van der Waals surface area contributed by atoms with Crippen LogP contribution in [0, 0.1) is 12.8 Å². The Morgan fingerprint density at radius 1 is 0.957 bits per heavy atom. The number of likely N-dealkylation sites (N-methyl/N-ethyl adjacent to an activating group) is 1. The molecule has 1 fully saturated rings. The van der Waals surface area contributed by atoms with Gasteiger partial charge in [0.2, 0.25) is 0 Å². The van der Waals surface area contributed by atoms with E-state index in [2.05, 4.69) is 128 Å². The number of allylic oxidation sites excluding steroid dienone is 1. The van der Waals surface area contributed by atoms with Gasteiger partial charge in [-0.3, -0.25) is 14.6 Å². The fraction of sp³-hybridized carbons (Fsp3) is 0.465. The lowest BCUT2D eigenvalue weighted by atomic mass is 9.87. The maximum Gasteiger partial charge on any atom is 0.147 e. The first-order chi connectivity index (χ1) is 23.0. The van der Waals surface area contributed by atoms with Gasteiger partial charge in [-0.15, -0.1) is 13.2 Å². The van der Waals surface area contributed by atoms with E-state index in [1.54, 1.807) is 0 Å². The van der Waals surface area contributed by atoms with Gasteiger partial charge in [-0.25, -0.2) is 0 Å². The minimum atomic E-state index is 0.0390. The lowest BCUT2D eigenvalue weighted by Crippen LogP contribution is -2.41. The van der Waals surface area contributed by atoms with Crippen LogP contribution in [0.15, 0.2) is 98.1 Å². The second-order valence-corrected chi connectivity index (χ2v) is 13.4. The summed E-state index contributed by atoms with van der Waals surface area (Å²) < 4.78 is 0. The number of unbranched alkanes of at least 4 members (excludes halogenated alkanes) is 1. The van der Waals surface area contributed by atoms with Crippen LogP contribution in [0.2, 0.25) is 0 Å². The minimum absolute atomic E-state index is 0.0390. The van der Waals surface area contributed by atoms with Gasteiger partial charge in [0.1, 0.15) is 5.78 Å². The van der Waals surface area contributed by atoms with Crippen molar-refractivity contribution >= 4 is 5.78 Å². The summed E-state index contributed by atoms with van der Waals surface area (Å²) in [5.74, 6) is 0.792. The number of nitrogens with zero attached hydrogens (tertiary/aromatic N) is 2. The molecule has 0 amide bonds. The summed E-state index contributed by atoms with van der Waals surface area (Å²) >= 11 is 0. The van der Waals surface area contributed by atoms with Gasteiger partial charge in [0.15, 0.2) is 0 Å². The molecule has 1 heterocycles. The molecule has 4 rings (SSSR count). The van der Waals surface area contributed by atoms with Crippen LogP contribution >= 0.6 is 0 Å². The number of rotatable bonds is 20. The number of likely N-dealkylation sites (tertiary alicyclic amines) is 1. The number of hydrogen-bond acceptors (Lipinski definition) is 4. The Balaban J connectivity index is 1.45. The molecule has 1 saturated heterocycles. The van der Waals surface area contributed by atoms with Crippen LogP contribution in [-0.2, 0) is 17.6 Å². The van der Waals surface area contributed by atoms with Gasteiger partial charge in [-0.2, -0.15) is 0 Å². The van der Waals surface area contributed by atoms with Crippen LogP contribution in [0.1, 0.15) is 97.8 Å². The van der Waals surface area contributed by atoms with Gasteiger partial charge in [-0.05, 0) is 105 Å². The summed E-state index contributed by atoms with van der Waals surface area (Å²) in [7, 11) is 0. The number of Topliss-reactive ketones (excluding diaryl/α,β-unsaturated/α-hetero) is 1. The van der Waals surface area contributed by atoms with Crippen molar-refractivity contribution < 1.29 is 4.79 Å². The highest BCUT2D eigenvalue weighted by Crippen LogP contribution is 2.34. The van der Waals surface area contributed by atoms with E-state index in [1.165, 1.54) is 33.4 Å². The molecular formula is C43H59N3O. The number of nitrogens with one attached hydrogen (secondary N) is 1. The number of piperidine rings is 1. The van der Waals surface area contributed by atoms with Crippen molar-refractivity contribution in [3.8, 4) is 0 Å². The molecule has 0 aromatic heterocycles. The molecule has 1 N–H and O–H groups in total. The Bertz CT molecular complexity index is 1370. The molecule has 3 aromatic rings. The Labute approximate surface area is 286 Å². The fourth-order valence-electron chi connectivity index (χ4n) is 7.23. The Morgan fingerprint density at radius 3 is 2.28 bits per heavy atom. The number of ketones is 1. The number of aryl methyl sites for hydroxylation is 3. The van der Waals surface area contributed by atoms with Gasteiger partial charge in [0.05, 0.1) is 12.6 Å². The van der Waals surface area contributed by atoms with Crippen molar-refractivity contribution in [1.82, 2.24) is 15.1 Å². The Morgan fingerprint density at radius 2 is 1.64 bits per heavy atom. The summed E-state index contributed by atoms with van der Waals surface area (Å²) in [5.41, 5.74) is 7.98. The predicted octanol–water partition coefficient (Wildman–Crippen LogP) is 9.06. The molecular weight excluding hydrogens is 574 g/mol. The lowest BCUT2D eigenvalue weighted by Gasteiger charge is -2.38. The number of carbonyl (C=O) groups excluding carboxylic acids is 1. The highest BCUT2D eigenvalue weighted by atomic mass is 16.1.